The Hall–Kier alpha value is -1.06. The first-order chi connectivity index (χ1) is 7.25. The number of nitrogens with zero attached hydrogens (tertiary/aromatic N) is 1. The van der Waals surface area contributed by atoms with Gasteiger partial charge in [-0.05, 0) is 46.5 Å². The summed E-state index contributed by atoms with van der Waals surface area (Å²) in [6.07, 6.45) is 2.36. The summed E-state index contributed by atoms with van der Waals surface area (Å²) in [4.78, 5) is 26.0. The highest BCUT2D eigenvalue weighted by molar-refractivity contribution is 6.01. The molecule has 2 amide bonds. The lowest BCUT2D eigenvalue weighted by Crippen LogP contribution is -2.72. The van der Waals surface area contributed by atoms with E-state index in [4.69, 9.17) is 0 Å². The number of carbonyl (C=O) groups is 2. The van der Waals surface area contributed by atoms with Crippen LogP contribution in [0.1, 0.15) is 40.5 Å². The molecule has 90 valence electrons. The number of piperazine rings is 1. The third kappa shape index (κ3) is 1.70. The van der Waals surface area contributed by atoms with Crippen LogP contribution in [0.25, 0.3) is 0 Å². The van der Waals surface area contributed by atoms with Crippen LogP contribution in [-0.4, -0.2) is 34.3 Å². The van der Waals surface area contributed by atoms with Gasteiger partial charge in [0.05, 0.1) is 0 Å². The minimum atomic E-state index is -0.762. The van der Waals surface area contributed by atoms with Crippen molar-refractivity contribution in [2.24, 2.45) is 5.92 Å². The average molecular weight is 224 g/mol. The molecule has 4 nitrogen and oxygen atoms in total. The molecular formula is C12H20N2O2. The van der Waals surface area contributed by atoms with Gasteiger partial charge in [-0.2, -0.15) is 0 Å². The zero-order valence-electron chi connectivity index (χ0n) is 10.5. The molecule has 2 aliphatic rings. The third-order valence-corrected chi connectivity index (χ3v) is 3.57. The molecule has 0 aromatic carbocycles. The van der Waals surface area contributed by atoms with Gasteiger partial charge in [0.25, 0.3) is 0 Å². The van der Waals surface area contributed by atoms with Crippen LogP contribution >= 0.6 is 0 Å². The first-order valence-electron chi connectivity index (χ1n) is 5.90. The van der Waals surface area contributed by atoms with Crippen molar-refractivity contribution in [1.29, 1.82) is 0 Å². The second-order valence-electron chi connectivity index (χ2n) is 6.00. The zero-order valence-corrected chi connectivity index (χ0v) is 10.5. The predicted molar refractivity (Wildman–Crippen MR) is 60.7 cm³/mol. The van der Waals surface area contributed by atoms with Gasteiger partial charge < -0.3 is 10.2 Å². The highest BCUT2D eigenvalue weighted by Crippen LogP contribution is 2.34. The molecule has 0 aromatic heterocycles. The Labute approximate surface area is 96.4 Å². The SMILES string of the molecule is CC1(C)NC(=O)C(C)(C)N(CC2CC2)C1=O. The molecule has 1 aliphatic heterocycles. The van der Waals surface area contributed by atoms with E-state index in [1.54, 1.807) is 18.7 Å². The average Bonchev–Trinajstić information content (AvgIpc) is 2.93. The molecule has 1 heterocycles. The molecule has 0 atom stereocenters. The van der Waals surface area contributed by atoms with E-state index in [9.17, 15) is 9.59 Å². The second kappa shape index (κ2) is 3.22. The molecule has 1 aliphatic carbocycles. The van der Waals surface area contributed by atoms with Gasteiger partial charge in [0.1, 0.15) is 11.1 Å². The normalized spacial score (nSPS) is 27.9. The molecule has 16 heavy (non-hydrogen) atoms. The number of nitrogens with one attached hydrogen (secondary N) is 1. The van der Waals surface area contributed by atoms with Gasteiger partial charge in [-0.3, -0.25) is 9.59 Å². The Morgan fingerprint density at radius 3 is 2.31 bits per heavy atom. The van der Waals surface area contributed by atoms with Crippen molar-refractivity contribution < 1.29 is 9.59 Å². The summed E-state index contributed by atoms with van der Waals surface area (Å²) in [5, 5.41) is 2.79. The van der Waals surface area contributed by atoms with E-state index in [1.807, 2.05) is 13.8 Å². The van der Waals surface area contributed by atoms with Crippen LogP contribution in [-0.2, 0) is 9.59 Å². The summed E-state index contributed by atoms with van der Waals surface area (Å²) in [7, 11) is 0. The molecule has 2 rings (SSSR count). The highest BCUT2D eigenvalue weighted by Gasteiger charge is 2.50. The van der Waals surface area contributed by atoms with Gasteiger partial charge in [0.2, 0.25) is 11.8 Å². The largest absolute Gasteiger partial charge is 0.340 e. The summed E-state index contributed by atoms with van der Waals surface area (Å²) in [5.41, 5.74) is -1.48. The van der Waals surface area contributed by atoms with E-state index in [0.717, 1.165) is 6.54 Å². The number of amides is 2. The fourth-order valence-corrected chi connectivity index (χ4v) is 2.07. The number of carbonyl (C=O) groups excluding carboxylic acids is 2. The topological polar surface area (TPSA) is 49.4 Å². The molecule has 0 bridgehead atoms. The fourth-order valence-electron chi connectivity index (χ4n) is 2.07. The van der Waals surface area contributed by atoms with Crippen molar-refractivity contribution >= 4 is 11.8 Å². The molecule has 0 aromatic rings. The van der Waals surface area contributed by atoms with Crippen molar-refractivity contribution in [3.63, 3.8) is 0 Å². The Balaban J connectivity index is 2.27. The van der Waals surface area contributed by atoms with Crippen LogP contribution in [0.2, 0.25) is 0 Å². The van der Waals surface area contributed by atoms with E-state index >= 15 is 0 Å². The molecule has 1 N–H and O–H groups in total. The van der Waals surface area contributed by atoms with Crippen molar-refractivity contribution in [3.8, 4) is 0 Å². The van der Waals surface area contributed by atoms with Crippen LogP contribution in [0, 0.1) is 5.92 Å². The molecule has 0 radical (unpaired) electrons. The Morgan fingerprint density at radius 1 is 1.25 bits per heavy atom. The number of hydrogen-bond acceptors (Lipinski definition) is 2. The van der Waals surface area contributed by atoms with Crippen LogP contribution in [0.5, 0.6) is 0 Å². The van der Waals surface area contributed by atoms with Gasteiger partial charge in [-0.25, -0.2) is 0 Å². The van der Waals surface area contributed by atoms with Gasteiger partial charge in [0, 0.05) is 6.54 Å². The molecule has 4 heteroatoms. The Kier molecular flexibility index (Phi) is 2.30. The Morgan fingerprint density at radius 2 is 1.81 bits per heavy atom. The molecule has 2 fully saturated rings. The van der Waals surface area contributed by atoms with Crippen LogP contribution in [0.3, 0.4) is 0 Å². The fraction of sp³-hybridized carbons (Fsp3) is 0.833. The lowest BCUT2D eigenvalue weighted by atomic mass is 9.89. The van der Waals surface area contributed by atoms with Crippen molar-refractivity contribution in [3.05, 3.63) is 0 Å². The molecule has 1 saturated carbocycles. The predicted octanol–water partition coefficient (Wildman–Crippen LogP) is 0.912. The smallest absolute Gasteiger partial charge is 0.248 e. The monoisotopic (exact) mass is 224 g/mol. The van der Waals surface area contributed by atoms with E-state index in [1.165, 1.54) is 12.8 Å². The van der Waals surface area contributed by atoms with Crippen molar-refractivity contribution in [2.45, 2.75) is 51.6 Å². The van der Waals surface area contributed by atoms with Crippen LogP contribution < -0.4 is 5.32 Å². The van der Waals surface area contributed by atoms with Gasteiger partial charge in [0.15, 0.2) is 0 Å². The van der Waals surface area contributed by atoms with Crippen LogP contribution in [0.15, 0.2) is 0 Å². The zero-order chi connectivity index (χ0) is 12.1. The summed E-state index contributed by atoms with van der Waals surface area (Å²) in [5.74, 6) is 0.576. The summed E-state index contributed by atoms with van der Waals surface area (Å²) in [6.45, 7) is 7.89. The van der Waals surface area contributed by atoms with E-state index in [2.05, 4.69) is 5.32 Å². The minimum Gasteiger partial charge on any atom is -0.340 e. The lowest BCUT2D eigenvalue weighted by molar-refractivity contribution is -0.159. The van der Waals surface area contributed by atoms with E-state index in [-0.39, 0.29) is 11.8 Å². The summed E-state index contributed by atoms with van der Waals surface area (Å²) >= 11 is 0. The lowest BCUT2D eigenvalue weighted by Gasteiger charge is -2.47. The molecule has 1 saturated heterocycles. The van der Waals surface area contributed by atoms with Crippen molar-refractivity contribution in [1.82, 2.24) is 10.2 Å². The third-order valence-electron chi connectivity index (χ3n) is 3.57. The van der Waals surface area contributed by atoms with E-state index in [0.29, 0.717) is 5.92 Å². The number of rotatable bonds is 2. The van der Waals surface area contributed by atoms with Gasteiger partial charge in [-0.1, -0.05) is 0 Å². The van der Waals surface area contributed by atoms with Gasteiger partial charge >= 0.3 is 0 Å². The first-order valence-corrected chi connectivity index (χ1v) is 5.90. The minimum absolute atomic E-state index is 0.0315. The Bertz CT molecular complexity index is 343. The standard InChI is InChI=1S/C12H20N2O2/c1-11(2)10(16)14(7-8-5-6-8)12(3,4)9(15)13-11/h8H,5-7H2,1-4H3,(H,13,15). The summed E-state index contributed by atoms with van der Waals surface area (Å²) < 4.78 is 0. The van der Waals surface area contributed by atoms with Gasteiger partial charge in [-0.15, -0.1) is 0 Å². The van der Waals surface area contributed by atoms with Crippen LogP contribution in [0.4, 0.5) is 0 Å². The maximum atomic E-state index is 12.3. The molecular weight excluding hydrogens is 204 g/mol. The quantitative estimate of drug-likeness (QED) is 0.758. The first kappa shape index (κ1) is 11.4. The molecule has 0 unspecified atom stereocenters. The number of hydrogen-bond donors (Lipinski definition) is 1. The molecule has 0 spiro atoms. The maximum absolute atomic E-state index is 12.3. The summed E-state index contributed by atoms with van der Waals surface area (Å²) in [6, 6.07) is 0. The highest BCUT2D eigenvalue weighted by atomic mass is 16.2. The maximum Gasteiger partial charge on any atom is 0.248 e. The van der Waals surface area contributed by atoms with Crippen molar-refractivity contribution in [2.75, 3.05) is 6.54 Å². The second-order valence-corrected chi connectivity index (χ2v) is 6.00. The van der Waals surface area contributed by atoms with E-state index < -0.39 is 11.1 Å².